The predicted molar refractivity (Wildman–Crippen MR) is 82.6 cm³/mol. The molecule has 0 atom stereocenters. The summed E-state index contributed by atoms with van der Waals surface area (Å²) < 4.78 is 0. The fourth-order valence-corrected chi connectivity index (χ4v) is 2.41. The fourth-order valence-electron chi connectivity index (χ4n) is 1.47. The normalized spacial score (nSPS) is 9.79. The highest BCUT2D eigenvalue weighted by Crippen LogP contribution is 2.28. The van der Waals surface area contributed by atoms with Crippen molar-refractivity contribution in [2.75, 3.05) is 6.54 Å². The Labute approximate surface area is 127 Å². The quantitative estimate of drug-likeness (QED) is 0.866. The molecule has 0 aliphatic heterocycles. The van der Waals surface area contributed by atoms with Gasteiger partial charge in [-0.2, -0.15) is 0 Å². The second-order valence-electron chi connectivity index (χ2n) is 3.71. The van der Waals surface area contributed by atoms with Crippen LogP contribution in [0.2, 0.25) is 5.02 Å². The van der Waals surface area contributed by atoms with Crippen LogP contribution in [0.5, 0.6) is 0 Å². The lowest BCUT2D eigenvalue weighted by molar-refractivity contribution is 0.100. The number of hydrogen-bond acceptors (Lipinski definition) is 3. The maximum Gasteiger partial charge on any atom is 0.176 e. The fraction of sp³-hybridized carbons (Fsp3) is 0.0714. The minimum absolute atomic E-state index is 0. The van der Waals surface area contributed by atoms with Crippen molar-refractivity contribution in [2.45, 2.75) is 9.79 Å². The van der Waals surface area contributed by atoms with Gasteiger partial charge >= 0.3 is 0 Å². The lowest BCUT2D eigenvalue weighted by Gasteiger charge is -2.03. The van der Waals surface area contributed by atoms with E-state index in [1.54, 1.807) is 23.9 Å². The minimum atomic E-state index is -0.0435. The van der Waals surface area contributed by atoms with Gasteiger partial charge in [-0.25, -0.2) is 0 Å². The summed E-state index contributed by atoms with van der Waals surface area (Å²) >= 11 is 7.45. The van der Waals surface area contributed by atoms with Crippen molar-refractivity contribution in [2.24, 2.45) is 5.73 Å². The van der Waals surface area contributed by atoms with Crippen molar-refractivity contribution in [3.63, 3.8) is 0 Å². The third-order valence-corrected chi connectivity index (χ3v) is 3.68. The Morgan fingerprint density at radius 2 is 1.47 bits per heavy atom. The van der Waals surface area contributed by atoms with E-state index in [0.717, 1.165) is 14.8 Å². The number of carbonyl (C=O) groups is 1. The summed E-state index contributed by atoms with van der Waals surface area (Å²) in [5, 5.41) is 0.725. The Balaban J connectivity index is 0.00000180. The summed E-state index contributed by atoms with van der Waals surface area (Å²) in [5.41, 5.74) is 5.96. The monoisotopic (exact) mass is 313 g/mol. The smallest absolute Gasteiger partial charge is 0.176 e. The van der Waals surface area contributed by atoms with Gasteiger partial charge in [0.15, 0.2) is 5.78 Å². The van der Waals surface area contributed by atoms with Gasteiger partial charge in [0, 0.05) is 20.4 Å². The Morgan fingerprint density at radius 3 is 1.95 bits per heavy atom. The van der Waals surface area contributed by atoms with E-state index >= 15 is 0 Å². The van der Waals surface area contributed by atoms with Gasteiger partial charge in [0.05, 0.1) is 6.54 Å². The Hall–Kier alpha value is -1.00. The van der Waals surface area contributed by atoms with Crippen molar-refractivity contribution in [3.05, 3.63) is 59.1 Å². The molecule has 0 aliphatic rings. The van der Waals surface area contributed by atoms with Crippen LogP contribution in [-0.2, 0) is 0 Å². The first kappa shape index (κ1) is 16.1. The zero-order chi connectivity index (χ0) is 13.0. The first-order chi connectivity index (χ1) is 8.69. The maximum atomic E-state index is 11.4. The van der Waals surface area contributed by atoms with Crippen LogP contribution in [0.3, 0.4) is 0 Å². The predicted octanol–water partition coefficient (Wildman–Crippen LogP) is 4.05. The van der Waals surface area contributed by atoms with Crippen LogP contribution in [-0.4, -0.2) is 12.3 Å². The highest BCUT2D eigenvalue weighted by Gasteiger charge is 2.03. The molecule has 0 aromatic heterocycles. The average Bonchev–Trinajstić information content (AvgIpc) is 2.41. The Kier molecular flexibility index (Phi) is 6.38. The van der Waals surface area contributed by atoms with Crippen molar-refractivity contribution in [1.29, 1.82) is 0 Å². The van der Waals surface area contributed by atoms with E-state index in [1.807, 2.05) is 36.4 Å². The van der Waals surface area contributed by atoms with Crippen LogP contribution >= 0.6 is 35.8 Å². The summed E-state index contributed by atoms with van der Waals surface area (Å²) in [6, 6.07) is 15.1. The molecule has 0 spiro atoms. The standard InChI is InChI=1S/C14H12ClNOS.ClH/c15-11-3-7-13(8-4-11)18-12-5-1-10(2-6-12)14(17)9-16;/h1-8H,9,16H2;1H. The van der Waals surface area contributed by atoms with E-state index < -0.39 is 0 Å². The molecule has 0 amide bonds. The third kappa shape index (κ3) is 4.55. The molecule has 0 saturated carbocycles. The van der Waals surface area contributed by atoms with Crippen LogP contribution in [0.4, 0.5) is 0 Å². The summed E-state index contributed by atoms with van der Waals surface area (Å²) in [4.78, 5) is 13.6. The Bertz CT molecular complexity index is 540. The molecule has 0 radical (unpaired) electrons. The highest BCUT2D eigenvalue weighted by atomic mass is 35.5. The molecule has 2 aromatic rings. The molecule has 0 aliphatic carbocycles. The SMILES string of the molecule is Cl.NCC(=O)c1ccc(Sc2ccc(Cl)cc2)cc1. The van der Waals surface area contributed by atoms with Crippen molar-refractivity contribution >= 4 is 41.6 Å². The molecule has 0 bridgehead atoms. The summed E-state index contributed by atoms with van der Waals surface area (Å²) in [7, 11) is 0. The van der Waals surface area contributed by atoms with Gasteiger partial charge in [0.2, 0.25) is 0 Å². The maximum absolute atomic E-state index is 11.4. The molecule has 0 heterocycles. The lowest BCUT2D eigenvalue weighted by atomic mass is 10.1. The van der Waals surface area contributed by atoms with Gasteiger partial charge < -0.3 is 5.73 Å². The van der Waals surface area contributed by atoms with Gasteiger partial charge in [-0.05, 0) is 36.4 Å². The van der Waals surface area contributed by atoms with Crippen LogP contribution in [0.15, 0.2) is 58.3 Å². The molecular formula is C14H13Cl2NOS. The molecular weight excluding hydrogens is 301 g/mol. The van der Waals surface area contributed by atoms with E-state index in [1.165, 1.54) is 0 Å². The molecule has 19 heavy (non-hydrogen) atoms. The van der Waals surface area contributed by atoms with Crippen LogP contribution in [0.1, 0.15) is 10.4 Å². The van der Waals surface area contributed by atoms with Gasteiger partial charge in [0.25, 0.3) is 0 Å². The van der Waals surface area contributed by atoms with Gasteiger partial charge in [-0.3, -0.25) is 4.79 Å². The number of nitrogens with two attached hydrogens (primary N) is 1. The number of ketones is 1. The highest BCUT2D eigenvalue weighted by molar-refractivity contribution is 7.99. The van der Waals surface area contributed by atoms with E-state index in [2.05, 4.69) is 0 Å². The van der Waals surface area contributed by atoms with E-state index in [4.69, 9.17) is 17.3 Å². The molecule has 5 heteroatoms. The molecule has 0 fully saturated rings. The van der Waals surface area contributed by atoms with Gasteiger partial charge in [0.1, 0.15) is 0 Å². The molecule has 2 rings (SSSR count). The van der Waals surface area contributed by atoms with Crippen molar-refractivity contribution < 1.29 is 4.79 Å². The number of Topliss-reactive ketones (excluding diaryl/α,β-unsaturated/α-hetero) is 1. The number of hydrogen-bond donors (Lipinski definition) is 1. The number of benzene rings is 2. The van der Waals surface area contributed by atoms with Crippen molar-refractivity contribution in [1.82, 2.24) is 0 Å². The summed E-state index contributed by atoms with van der Waals surface area (Å²) in [6.07, 6.45) is 0. The summed E-state index contributed by atoms with van der Waals surface area (Å²) in [6.45, 7) is 0.0453. The number of carbonyl (C=O) groups excluding carboxylic acids is 1. The molecule has 0 saturated heterocycles. The van der Waals surface area contributed by atoms with Gasteiger partial charge in [-0.1, -0.05) is 35.5 Å². The number of halogens is 2. The van der Waals surface area contributed by atoms with Crippen molar-refractivity contribution in [3.8, 4) is 0 Å². The van der Waals surface area contributed by atoms with E-state index in [0.29, 0.717) is 5.56 Å². The van der Waals surface area contributed by atoms with Gasteiger partial charge in [-0.15, -0.1) is 12.4 Å². The first-order valence-electron chi connectivity index (χ1n) is 5.46. The zero-order valence-corrected chi connectivity index (χ0v) is 12.4. The molecule has 2 nitrogen and oxygen atoms in total. The largest absolute Gasteiger partial charge is 0.324 e. The van der Waals surface area contributed by atoms with Crippen LogP contribution in [0, 0.1) is 0 Å². The molecule has 2 aromatic carbocycles. The third-order valence-electron chi connectivity index (χ3n) is 2.41. The Morgan fingerprint density at radius 1 is 1.00 bits per heavy atom. The van der Waals surface area contributed by atoms with E-state index in [9.17, 15) is 4.79 Å². The second-order valence-corrected chi connectivity index (χ2v) is 5.29. The minimum Gasteiger partial charge on any atom is -0.324 e. The summed E-state index contributed by atoms with van der Waals surface area (Å²) in [5.74, 6) is -0.0435. The number of rotatable bonds is 4. The second kappa shape index (κ2) is 7.56. The van der Waals surface area contributed by atoms with Crippen LogP contribution < -0.4 is 5.73 Å². The topological polar surface area (TPSA) is 43.1 Å². The van der Waals surface area contributed by atoms with Crippen LogP contribution in [0.25, 0.3) is 0 Å². The molecule has 2 N–H and O–H groups in total. The van der Waals surface area contributed by atoms with E-state index in [-0.39, 0.29) is 24.7 Å². The molecule has 0 unspecified atom stereocenters. The lowest BCUT2D eigenvalue weighted by Crippen LogP contribution is -2.13. The molecule has 100 valence electrons. The zero-order valence-electron chi connectivity index (χ0n) is 10.0. The first-order valence-corrected chi connectivity index (χ1v) is 6.65. The average molecular weight is 314 g/mol.